The SMILES string of the molecule is O=C(c1cc(Cl)ccc1F)N1CCc2sccc2C1. The minimum absolute atomic E-state index is 0.0474. The van der Waals surface area contributed by atoms with Gasteiger partial charge in [0.15, 0.2) is 0 Å². The number of thiophene rings is 1. The molecule has 0 bridgehead atoms. The lowest BCUT2D eigenvalue weighted by atomic mass is 10.1. The smallest absolute Gasteiger partial charge is 0.257 e. The van der Waals surface area contributed by atoms with Crippen LogP contribution in [0.5, 0.6) is 0 Å². The molecule has 2 aromatic rings. The van der Waals surface area contributed by atoms with Crippen LogP contribution in [0.15, 0.2) is 29.6 Å². The Kier molecular flexibility index (Phi) is 3.29. The van der Waals surface area contributed by atoms with Gasteiger partial charge in [-0.05, 0) is 41.6 Å². The molecular weight excluding hydrogens is 285 g/mol. The molecule has 0 saturated carbocycles. The van der Waals surface area contributed by atoms with E-state index in [1.54, 1.807) is 16.2 Å². The number of nitrogens with zero attached hydrogens (tertiary/aromatic N) is 1. The highest BCUT2D eigenvalue weighted by Crippen LogP contribution is 2.26. The summed E-state index contributed by atoms with van der Waals surface area (Å²) in [6.07, 6.45) is 0.834. The molecule has 0 unspecified atom stereocenters. The highest BCUT2D eigenvalue weighted by Gasteiger charge is 2.24. The van der Waals surface area contributed by atoms with Crippen molar-refractivity contribution in [3.05, 3.63) is 56.5 Å². The van der Waals surface area contributed by atoms with Crippen molar-refractivity contribution >= 4 is 28.8 Å². The predicted molar refractivity (Wildman–Crippen MR) is 74.2 cm³/mol. The van der Waals surface area contributed by atoms with Crippen LogP contribution in [0.2, 0.25) is 5.02 Å². The molecule has 0 aliphatic carbocycles. The Hall–Kier alpha value is -1.39. The minimum atomic E-state index is -0.523. The standard InChI is InChI=1S/C14H11ClFNOS/c15-10-1-2-12(16)11(7-10)14(18)17-5-3-13-9(8-17)4-6-19-13/h1-2,4,6-7H,3,5,8H2. The second kappa shape index (κ2) is 4.94. The largest absolute Gasteiger partial charge is 0.334 e. The number of halogens is 2. The molecule has 1 amide bonds. The number of carbonyl (C=O) groups excluding carboxylic acids is 1. The maximum absolute atomic E-state index is 13.7. The number of hydrogen-bond donors (Lipinski definition) is 0. The second-order valence-corrected chi connectivity index (χ2v) is 5.91. The first-order chi connectivity index (χ1) is 9.15. The molecule has 1 aromatic carbocycles. The molecule has 0 saturated heterocycles. The van der Waals surface area contributed by atoms with Gasteiger partial charge in [0.1, 0.15) is 5.82 Å². The summed E-state index contributed by atoms with van der Waals surface area (Å²) in [5, 5.41) is 2.40. The van der Waals surface area contributed by atoms with E-state index >= 15 is 0 Å². The van der Waals surface area contributed by atoms with Crippen LogP contribution in [-0.2, 0) is 13.0 Å². The fraction of sp³-hybridized carbons (Fsp3) is 0.214. The quantitative estimate of drug-likeness (QED) is 0.785. The number of hydrogen-bond acceptors (Lipinski definition) is 2. The molecule has 2 nitrogen and oxygen atoms in total. The summed E-state index contributed by atoms with van der Waals surface area (Å²) in [6, 6.07) is 6.09. The molecule has 98 valence electrons. The first-order valence-electron chi connectivity index (χ1n) is 5.95. The van der Waals surface area contributed by atoms with Crippen LogP contribution in [0.3, 0.4) is 0 Å². The van der Waals surface area contributed by atoms with E-state index in [9.17, 15) is 9.18 Å². The second-order valence-electron chi connectivity index (χ2n) is 4.47. The van der Waals surface area contributed by atoms with Gasteiger partial charge >= 0.3 is 0 Å². The zero-order valence-corrected chi connectivity index (χ0v) is 11.6. The monoisotopic (exact) mass is 295 g/mol. The van der Waals surface area contributed by atoms with E-state index in [1.165, 1.54) is 23.1 Å². The summed E-state index contributed by atoms with van der Waals surface area (Å²) in [4.78, 5) is 15.3. The Morgan fingerprint density at radius 2 is 2.21 bits per heavy atom. The van der Waals surface area contributed by atoms with E-state index in [0.717, 1.165) is 12.0 Å². The summed E-state index contributed by atoms with van der Waals surface area (Å²) in [5.74, 6) is -0.817. The van der Waals surface area contributed by atoms with Crippen molar-refractivity contribution in [2.24, 2.45) is 0 Å². The van der Waals surface area contributed by atoms with Gasteiger partial charge in [0.05, 0.1) is 5.56 Å². The molecule has 1 aromatic heterocycles. The Balaban J connectivity index is 1.87. The van der Waals surface area contributed by atoms with Crippen LogP contribution in [-0.4, -0.2) is 17.4 Å². The fourth-order valence-electron chi connectivity index (χ4n) is 2.25. The molecule has 5 heteroatoms. The summed E-state index contributed by atoms with van der Waals surface area (Å²) in [7, 11) is 0. The van der Waals surface area contributed by atoms with Crippen molar-refractivity contribution in [3.63, 3.8) is 0 Å². The highest BCUT2D eigenvalue weighted by molar-refractivity contribution is 7.10. The van der Waals surface area contributed by atoms with Crippen molar-refractivity contribution in [3.8, 4) is 0 Å². The normalized spacial score (nSPS) is 14.3. The maximum Gasteiger partial charge on any atom is 0.257 e. The van der Waals surface area contributed by atoms with E-state index in [4.69, 9.17) is 11.6 Å². The summed E-state index contributed by atoms with van der Waals surface area (Å²) >= 11 is 7.54. The molecule has 0 radical (unpaired) electrons. The lowest BCUT2D eigenvalue weighted by molar-refractivity contribution is 0.0731. The van der Waals surface area contributed by atoms with Gasteiger partial charge in [-0.15, -0.1) is 11.3 Å². The average Bonchev–Trinajstić information content (AvgIpc) is 2.88. The van der Waals surface area contributed by atoms with Gasteiger partial charge in [0.2, 0.25) is 0 Å². The zero-order chi connectivity index (χ0) is 13.4. The molecule has 2 heterocycles. The predicted octanol–water partition coefficient (Wildman–Crippen LogP) is 3.74. The van der Waals surface area contributed by atoms with E-state index in [2.05, 4.69) is 0 Å². The van der Waals surface area contributed by atoms with Gasteiger partial charge in [-0.2, -0.15) is 0 Å². The van der Waals surface area contributed by atoms with Crippen LogP contribution >= 0.6 is 22.9 Å². The summed E-state index contributed by atoms with van der Waals surface area (Å²) < 4.78 is 13.7. The third-order valence-electron chi connectivity index (χ3n) is 3.25. The molecule has 0 N–H and O–H groups in total. The van der Waals surface area contributed by atoms with Crippen molar-refractivity contribution < 1.29 is 9.18 Å². The van der Waals surface area contributed by atoms with Gasteiger partial charge in [-0.3, -0.25) is 4.79 Å². The van der Waals surface area contributed by atoms with Gasteiger partial charge in [-0.1, -0.05) is 11.6 Å². The van der Waals surface area contributed by atoms with E-state index in [0.29, 0.717) is 18.1 Å². The van der Waals surface area contributed by atoms with Crippen molar-refractivity contribution in [1.29, 1.82) is 0 Å². The molecule has 3 rings (SSSR count). The third-order valence-corrected chi connectivity index (χ3v) is 4.51. The number of rotatable bonds is 1. The molecule has 19 heavy (non-hydrogen) atoms. The Bertz CT molecular complexity index is 640. The molecule has 1 aliphatic heterocycles. The minimum Gasteiger partial charge on any atom is -0.334 e. The zero-order valence-electron chi connectivity index (χ0n) is 10.0. The Morgan fingerprint density at radius 1 is 1.37 bits per heavy atom. The number of amides is 1. The first kappa shape index (κ1) is 12.6. The van der Waals surface area contributed by atoms with Crippen LogP contribution in [0.4, 0.5) is 4.39 Å². The van der Waals surface area contributed by atoms with Crippen LogP contribution in [0.25, 0.3) is 0 Å². The molecule has 1 aliphatic rings. The fourth-order valence-corrected chi connectivity index (χ4v) is 3.32. The highest BCUT2D eigenvalue weighted by atomic mass is 35.5. The number of fused-ring (bicyclic) bond motifs is 1. The van der Waals surface area contributed by atoms with E-state index < -0.39 is 5.82 Å². The van der Waals surface area contributed by atoms with Crippen LogP contribution < -0.4 is 0 Å². The topological polar surface area (TPSA) is 20.3 Å². The average molecular weight is 296 g/mol. The van der Waals surface area contributed by atoms with E-state index in [-0.39, 0.29) is 11.5 Å². The van der Waals surface area contributed by atoms with E-state index in [1.807, 2.05) is 11.4 Å². The third kappa shape index (κ3) is 2.38. The Labute approximate surface area is 119 Å². The summed E-state index contributed by atoms with van der Waals surface area (Å²) in [6.45, 7) is 1.17. The van der Waals surface area contributed by atoms with Gasteiger partial charge in [-0.25, -0.2) is 4.39 Å². The lowest BCUT2D eigenvalue weighted by Crippen LogP contribution is -2.35. The first-order valence-corrected chi connectivity index (χ1v) is 7.20. The van der Waals surface area contributed by atoms with Crippen molar-refractivity contribution in [1.82, 2.24) is 4.90 Å². The van der Waals surface area contributed by atoms with Crippen LogP contribution in [0.1, 0.15) is 20.8 Å². The van der Waals surface area contributed by atoms with Gasteiger partial charge in [0, 0.05) is 23.0 Å². The number of carbonyl (C=O) groups is 1. The van der Waals surface area contributed by atoms with Crippen LogP contribution in [0, 0.1) is 5.82 Å². The van der Waals surface area contributed by atoms with Crippen molar-refractivity contribution in [2.75, 3.05) is 6.54 Å². The number of benzene rings is 1. The summed E-state index contributed by atoms with van der Waals surface area (Å²) in [5.41, 5.74) is 1.21. The molecule has 0 atom stereocenters. The maximum atomic E-state index is 13.7. The Morgan fingerprint density at radius 3 is 3.05 bits per heavy atom. The van der Waals surface area contributed by atoms with Gasteiger partial charge in [0.25, 0.3) is 5.91 Å². The molecular formula is C14H11ClFNOS. The lowest BCUT2D eigenvalue weighted by Gasteiger charge is -2.27. The van der Waals surface area contributed by atoms with Crippen molar-refractivity contribution in [2.45, 2.75) is 13.0 Å². The van der Waals surface area contributed by atoms with Gasteiger partial charge < -0.3 is 4.90 Å². The molecule has 0 spiro atoms. The molecule has 0 fully saturated rings.